The maximum Gasteiger partial charge on any atom is 0.169 e. The first-order valence-corrected chi connectivity index (χ1v) is 5.68. The van der Waals surface area contributed by atoms with E-state index in [4.69, 9.17) is 5.73 Å². The summed E-state index contributed by atoms with van der Waals surface area (Å²) in [5.41, 5.74) is 8.32. The van der Waals surface area contributed by atoms with Gasteiger partial charge in [0.1, 0.15) is 0 Å². The molecule has 4 heteroatoms. The van der Waals surface area contributed by atoms with Crippen molar-refractivity contribution in [2.24, 2.45) is 0 Å². The number of nitrogens with two attached hydrogens (primary N) is 1. The van der Waals surface area contributed by atoms with Gasteiger partial charge >= 0.3 is 0 Å². The molecule has 1 heterocycles. The third-order valence-electron chi connectivity index (χ3n) is 2.67. The lowest BCUT2D eigenvalue weighted by Gasteiger charge is -2.10. The van der Waals surface area contributed by atoms with Gasteiger partial charge in [-0.15, -0.1) is 0 Å². The molecule has 2 rings (SSSR count). The molecule has 88 valence electrons. The first-order chi connectivity index (χ1) is 8.31. The van der Waals surface area contributed by atoms with E-state index in [0.717, 1.165) is 6.42 Å². The first kappa shape index (κ1) is 11.4. The predicted molar refractivity (Wildman–Crippen MR) is 69.6 cm³/mol. The fourth-order valence-electron chi connectivity index (χ4n) is 1.74. The van der Waals surface area contributed by atoms with Crippen molar-refractivity contribution in [1.29, 1.82) is 0 Å². The highest BCUT2D eigenvalue weighted by molar-refractivity contribution is 5.55. The van der Waals surface area contributed by atoms with Gasteiger partial charge < -0.3 is 11.1 Å². The van der Waals surface area contributed by atoms with Crippen LogP contribution >= 0.6 is 0 Å². The van der Waals surface area contributed by atoms with Gasteiger partial charge in [0.05, 0.1) is 0 Å². The highest BCUT2D eigenvalue weighted by atomic mass is 15.0. The van der Waals surface area contributed by atoms with Crippen molar-refractivity contribution in [3.63, 3.8) is 0 Å². The van der Waals surface area contributed by atoms with Crippen LogP contribution in [-0.4, -0.2) is 9.97 Å². The second-order valence-electron chi connectivity index (χ2n) is 3.77. The van der Waals surface area contributed by atoms with Crippen molar-refractivity contribution in [3.05, 3.63) is 47.8 Å². The Hall–Kier alpha value is -2.10. The molecule has 0 aliphatic carbocycles. The second-order valence-corrected chi connectivity index (χ2v) is 3.77. The van der Waals surface area contributed by atoms with Gasteiger partial charge in [-0.3, -0.25) is 0 Å². The topological polar surface area (TPSA) is 63.8 Å². The number of aryl methyl sites for hydroxylation is 1. The second kappa shape index (κ2) is 5.30. The number of anilines is 2. The minimum absolute atomic E-state index is 0.432. The summed E-state index contributed by atoms with van der Waals surface area (Å²) in [4.78, 5) is 8.14. The zero-order chi connectivity index (χ0) is 12.1. The minimum atomic E-state index is 0.432. The van der Waals surface area contributed by atoms with Gasteiger partial charge in [-0.2, -0.15) is 0 Å². The van der Waals surface area contributed by atoms with Gasteiger partial charge in [-0.25, -0.2) is 9.97 Å². The number of nitrogen functional groups attached to an aromatic ring is 1. The number of hydrogen-bond donors (Lipinski definition) is 2. The molecule has 4 nitrogen and oxygen atoms in total. The maximum absolute atomic E-state index is 5.72. The van der Waals surface area contributed by atoms with Crippen LogP contribution in [0, 0.1) is 0 Å². The number of benzene rings is 1. The van der Waals surface area contributed by atoms with Crippen LogP contribution in [0.5, 0.6) is 0 Å². The molecule has 1 aromatic carbocycles. The molecule has 0 spiro atoms. The van der Waals surface area contributed by atoms with Crippen molar-refractivity contribution < 1.29 is 0 Å². The molecule has 1 aromatic heterocycles. The molecule has 0 saturated carbocycles. The SMILES string of the molecule is CCc1ccccc1CNc1nccnc1N. The molecule has 0 unspecified atom stereocenters. The number of nitrogens with one attached hydrogen (secondary N) is 1. The van der Waals surface area contributed by atoms with Crippen LogP contribution in [0.15, 0.2) is 36.7 Å². The van der Waals surface area contributed by atoms with E-state index in [-0.39, 0.29) is 0 Å². The van der Waals surface area contributed by atoms with Crippen LogP contribution < -0.4 is 11.1 Å². The third-order valence-corrected chi connectivity index (χ3v) is 2.67. The zero-order valence-electron chi connectivity index (χ0n) is 9.85. The Labute approximate surface area is 101 Å². The van der Waals surface area contributed by atoms with Crippen LogP contribution in [0.25, 0.3) is 0 Å². The molecule has 0 aliphatic heterocycles. The fraction of sp³-hybridized carbons (Fsp3) is 0.231. The van der Waals surface area contributed by atoms with Gasteiger partial charge in [0.15, 0.2) is 11.6 Å². The quantitative estimate of drug-likeness (QED) is 0.842. The molecular formula is C13H16N4. The molecule has 17 heavy (non-hydrogen) atoms. The molecule has 0 aliphatic rings. The molecule has 0 amide bonds. The normalized spacial score (nSPS) is 10.2. The van der Waals surface area contributed by atoms with Gasteiger partial charge in [-0.1, -0.05) is 31.2 Å². The first-order valence-electron chi connectivity index (χ1n) is 5.68. The van der Waals surface area contributed by atoms with Crippen LogP contribution in [0.2, 0.25) is 0 Å². The van der Waals surface area contributed by atoms with E-state index < -0.39 is 0 Å². The summed E-state index contributed by atoms with van der Waals surface area (Å²) in [6.07, 6.45) is 4.23. The molecular weight excluding hydrogens is 212 g/mol. The third kappa shape index (κ3) is 2.72. The van der Waals surface area contributed by atoms with E-state index in [9.17, 15) is 0 Å². The van der Waals surface area contributed by atoms with Crippen molar-refractivity contribution in [3.8, 4) is 0 Å². The van der Waals surface area contributed by atoms with Crippen LogP contribution in [0.4, 0.5) is 11.6 Å². The summed E-state index contributed by atoms with van der Waals surface area (Å²) < 4.78 is 0. The molecule has 3 N–H and O–H groups in total. The Morgan fingerprint density at radius 3 is 2.53 bits per heavy atom. The smallest absolute Gasteiger partial charge is 0.169 e. The van der Waals surface area contributed by atoms with Crippen molar-refractivity contribution in [2.75, 3.05) is 11.1 Å². The minimum Gasteiger partial charge on any atom is -0.381 e. The summed E-state index contributed by atoms with van der Waals surface area (Å²) in [5, 5.41) is 3.21. The number of aromatic nitrogens is 2. The molecule has 0 radical (unpaired) electrons. The zero-order valence-corrected chi connectivity index (χ0v) is 9.85. The Morgan fingerprint density at radius 2 is 1.82 bits per heavy atom. The fourth-order valence-corrected chi connectivity index (χ4v) is 1.74. The Bertz CT molecular complexity index is 496. The van der Waals surface area contributed by atoms with Crippen molar-refractivity contribution in [2.45, 2.75) is 19.9 Å². The van der Waals surface area contributed by atoms with Crippen LogP contribution in [0.1, 0.15) is 18.1 Å². The van der Waals surface area contributed by atoms with E-state index in [2.05, 4.69) is 40.4 Å². The van der Waals surface area contributed by atoms with Gasteiger partial charge in [0.2, 0.25) is 0 Å². The van der Waals surface area contributed by atoms with E-state index >= 15 is 0 Å². The molecule has 0 saturated heterocycles. The highest BCUT2D eigenvalue weighted by Crippen LogP contribution is 2.14. The van der Waals surface area contributed by atoms with Gasteiger partial charge in [0.25, 0.3) is 0 Å². The number of hydrogen-bond acceptors (Lipinski definition) is 4. The lowest BCUT2D eigenvalue weighted by Crippen LogP contribution is -2.07. The number of rotatable bonds is 4. The van der Waals surface area contributed by atoms with Gasteiger partial charge in [0, 0.05) is 18.9 Å². The Balaban J connectivity index is 2.10. The molecule has 2 aromatic rings. The summed E-state index contributed by atoms with van der Waals surface area (Å²) in [6, 6.07) is 8.34. The maximum atomic E-state index is 5.72. The van der Waals surface area contributed by atoms with Crippen LogP contribution in [-0.2, 0) is 13.0 Å². The molecule has 0 atom stereocenters. The predicted octanol–water partition coefficient (Wildman–Crippen LogP) is 2.23. The standard InChI is InChI=1S/C13H16N4/c1-2-10-5-3-4-6-11(10)9-17-13-12(14)15-7-8-16-13/h3-8H,2,9H2,1H3,(H2,14,15)(H,16,17). The summed E-state index contributed by atoms with van der Waals surface area (Å²) in [7, 11) is 0. The Kier molecular flexibility index (Phi) is 3.55. The average Bonchev–Trinajstić information content (AvgIpc) is 2.38. The largest absolute Gasteiger partial charge is 0.381 e. The van der Waals surface area contributed by atoms with Gasteiger partial charge in [-0.05, 0) is 17.5 Å². The van der Waals surface area contributed by atoms with E-state index in [1.165, 1.54) is 11.1 Å². The summed E-state index contributed by atoms with van der Waals surface area (Å²) in [6.45, 7) is 2.86. The monoisotopic (exact) mass is 228 g/mol. The summed E-state index contributed by atoms with van der Waals surface area (Å²) in [5.74, 6) is 1.07. The molecule has 0 fully saturated rings. The lowest BCUT2D eigenvalue weighted by atomic mass is 10.1. The van der Waals surface area contributed by atoms with Crippen molar-refractivity contribution >= 4 is 11.6 Å². The van der Waals surface area contributed by atoms with Crippen molar-refractivity contribution in [1.82, 2.24) is 9.97 Å². The van der Waals surface area contributed by atoms with E-state index in [1.807, 2.05) is 6.07 Å². The number of nitrogens with zero attached hydrogens (tertiary/aromatic N) is 2. The highest BCUT2D eigenvalue weighted by Gasteiger charge is 2.02. The average molecular weight is 228 g/mol. The van der Waals surface area contributed by atoms with E-state index in [0.29, 0.717) is 18.2 Å². The van der Waals surface area contributed by atoms with Crippen LogP contribution in [0.3, 0.4) is 0 Å². The molecule has 0 bridgehead atoms. The van der Waals surface area contributed by atoms with E-state index in [1.54, 1.807) is 12.4 Å². The Morgan fingerprint density at radius 1 is 1.12 bits per heavy atom. The lowest BCUT2D eigenvalue weighted by molar-refractivity contribution is 1.03. The summed E-state index contributed by atoms with van der Waals surface area (Å²) >= 11 is 0.